The Labute approximate surface area is 68.6 Å². The van der Waals surface area contributed by atoms with Gasteiger partial charge in [0.05, 0.1) is 5.56 Å². The smallest absolute Gasteiger partial charge is 0.338 e. The Morgan fingerprint density at radius 1 is 1.58 bits per heavy atom. The molecule has 0 spiro atoms. The second-order valence-electron chi connectivity index (χ2n) is 2.32. The van der Waals surface area contributed by atoms with Crippen molar-refractivity contribution in [3.63, 3.8) is 0 Å². The Morgan fingerprint density at radius 3 is 2.67 bits per heavy atom. The zero-order chi connectivity index (χ0) is 9.14. The van der Waals surface area contributed by atoms with Crippen molar-refractivity contribution < 1.29 is 14.3 Å². The molecule has 0 amide bonds. The first-order chi connectivity index (χ1) is 5.65. The van der Waals surface area contributed by atoms with E-state index in [1.54, 1.807) is 0 Å². The van der Waals surface area contributed by atoms with Crippen LogP contribution in [-0.4, -0.2) is 11.1 Å². The molecule has 64 valence electrons. The van der Waals surface area contributed by atoms with Gasteiger partial charge >= 0.3 is 5.97 Å². The van der Waals surface area contributed by atoms with Crippen molar-refractivity contribution in [1.29, 1.82) is 0 Å². The van der Waals surface area contributed by atoms with E-state index in [-0.39, 0.29) is 12.1 Å². The summed E-state index contributed by atoms with van der Waals surface area (Å²) in [5.74, 6) is -2.01. The molecule has 0 saturated heterocycles. The monoisotopic (exact) mass is 169 g/mol. The molecule has 0 aliphatic rings. The van der Waals surface area contributed by atoms with Crippen LogP contribution in [0.15, 0.2) is 18.2 Å². The fourth-order valence-electron chi connectivity index (χ4n) is 0.859. The fourth-order valence-corrected chi connectivity index (χ4v) is 0.859. The van der Waals surface area contributed by atoms with Crippen molar-refractivity contribution in [3.05, 3.63) is 35.1 Å². The van der Waals surface area contributed by atoms with E-state index in [1.165, 1.54) is 12.1 Å². The molecule has 0 heterocycles. The van der Waals surface area contributed by atoms with Gasteiger partial charge in [-0.2, -0.15) is 0 Å². The lowest BCUT2D eigenvalue weighted by Crippen LogP contribution is -2.03. The minimum absolute atomic E-state index is 0.205. The molecule has 1 aromatic carbocycles. The Bertz CT molecular complexity index is 312. The third-order valence-electron chi connectivity index (χ3n) is 1.50. The number of halogens is 1. The first-order valence-corrected chi connectivity index (χ1v) is 3.37. The van der Waals surface area contributed by atoms with Gasteiger partial charge in [-0.05, 0) is 17.7 Å². The highest BCUT2D eigenvalue weighted by Crippen LogP contribution is 2.09. The van der Waals surface area contributed by atoms with Gasteiger partial charge in [-0.25, -0.2) is 9.18 Å². The molecule has 0 radical (unpaired) electrons. The van der Waals surface area contributed by atoms with Crippen molar-refractivity contribution in [2.45, 2.75) is 6.54 Å². The molecule has 3 N–H and O–H groups in total. The second kappa shape index (κ2) is 3.32. The van der Waals surface area contributed by atoms with E-state index >= 15 is 0 Å². The van der Waals surface area contributed by atoms with Crippen molar-refractivity contribution in [3.8, 4) is 0 Å². The Kier molecular flexibility index (Phi) is 2.40. The summed E-state index contributed by atoms with van der Waals surface area (Å²) in [5.41, 5.74) is 5.49. The molecule has 1 aromatic rings. The zero-order valence-electron chi connectivity index (χ0n) is 6.25. The number of rotatable bonds is 2. The number of nitrogens with two attached hydrogens (primary N) is 1. The maximum atomic E-state index is 12.9. The van der Waals surface area contributed by atoms with Crippen LogP contribution in [0.25, 0.3) is 0 Å². The number of carbonyl (C=O) groups is 1. The Morgan fingerprint density at radius 2 is 2.25 bits per heavy atom. The number of hydrogen-bond donors (Lipinski definition) is 2. The molecule has 0 atom stereocenters. The van der Waals surface area contributed by atoms with Crippen molar-refractivity contribution in [2.24, 2.45) is 5.73 Å². The Balaban J connectivity index is 3.12. The molecule has 0 saturated carbocycles. The molecule has 1 rings (SSSR count). The van der Waals surface area contributed by atoms with E-state index in [2.05, 4.69) is 0 Å². The maximum Gasteiger partial charge on any atom is 0.338 e. The number of aromatic carboxylic acids is 1. The zero-order valence-corrected chi connectivity index (χ0v) is 6.25. The molecule has 0 aliphatic carbocycles. The van der Waals surface area contributed by atoms with Crippen molar-refractivity contribution >= 4 is 5.97 Å². The van der Waals surface area contributed by atoms with Gasteiger partial charge in [0.25, 0.3) is 0 Å². The summed E-state index contributed by atoms with van der Waals surface area (Å²) in [6.07, 6.45) is 0. The minimum atomic E-state index is -1.27. The molecule has 4 heteroatoms. The van der Waals surface area contributed by atoms with Crippen LogP contribution in [-0.2, 0) is 6.54 Å². The summed E-state index contributed by atoms with van der Waals surface area (Å²) in [6.45, 7) is 0.205. The number of hydrogen-bond acceptors (Lipinski definition) is 2. The van der Waals surface area contributed by atoms with Gasteiger partial charge in [-0.15, -0.1) is 0 Å². The van der Waals surface area contributed by atoms with E-state index in [0.29, 0.717) is 5.56 Å². The number of carboxylic acids is 1. The maximum absolute atomic E-state index is 12.9. The standard InChI is InChI=1S/C8H8FNO2/c9-7-3-5(4-10)1-2-6(7)8(11)12/h1-3H,4,10H2,(H,11,12). The lowest BCUT2D eigenvalue weighted by Gasteiger charge is -1.99. The molecule has 0 unspecified atom stereocenters. The van der Waals surface area contributed by atoms with E-state index in [1.807, 2.05) is 0 Å². The van der Waals surface area contributed by atoms with Crippen LogP contribution in [0.2, 0.25) is 0 Å². The highest BCUT2D eigenvalue weighted by molar-refractivity contribution is 5.87. The molecule has 0 bridgehead atoms. The predicted octanol–water partition coefficient (Wildman–Crippen LogP) is 0.983. The lowest BCUT2D eigenvalue weighted by molar-refractivity contribution is 0.0692. The summed E-state index contributed by atoms with van der Waals surface area (Å²) in [7, 11) is 0. The molecule has 3 nitrogen and oxygen atoms in total. The summed E-state index contributed by atoms with van der Waals surface area (Å²) in [4.78, 5) is 10.4. The lowest BCUT2D eigenvalue weighted by atomic mass is 10.1. The van der Waals surface area contributed by atoms with Gasteiger partial charge in [0.2, 0.25) is 0 Å². The summed E-state index contributed by atoms with van der Waals surface area (Å²) < 4.78 is 12.9. The fraction of sp³-hybridized carbons (Fsp3) is 0.125. The van der Waals surface area contributed by atoms with Crippen LogP contribution in [0.4, 0.5) is 4.39 Å². The summed E-state index contributed by atoms with van der Waals surface area (Å²) in [5, 5.41) is 8.46. The molecular formula is C8H8FNO2. The molecular weight excluding hydrogens is 161 g/mol. The second-order valence-corrected chi connectivity index (χ2v) is 2.32. The van der Waals surface area contributed by atoms with E-state index in [4.69, 9.17) is 10.8 Å². The normalized spacial score (nSPS) is 9.83. The van der Waals surface area contributed by atoms with Gasteiger partial charge in [-0.3, -0.25) is 0 Å². The number of carboxylic acid groups (broad SMARTS) is 1. The van der Waals surface area contributed by atoms with Crippen LogP contribution in [0.3, 0.4) is 0 Å². The van der Waals surface area contributed by atoms with Gasteiger partial charge in [0.15, 0.2) is 0 Å². The largest absolute Gasteiger partial charge is 0.478 e. The van der Waals surface area contributed by atoms with E-state index < -0.39 is 11.8 Å². The van der Waals surface area contributed by atoms with E-state index in [9.17, 15) is 9.18 Å². The first kappa shape index (κ1) is 8.67. The highest BCUT2D eigenvalue weighted by Gasteiger charge is 2.09. The minimum Gasteiger partial charge on any atom is -0.478 e. The van der Waals surface area contributed by atoms with Crippen LogP contribution in [0, 0.1) is 5.82 Å². The van der Waals surface area contributed by atoms with Crippen LogP contribution in [0.5, 0.6) is 0 Å². The van der Waals surface area contributed by atoms with Gasteiger partial charge in [0.1, 0.15) is 5.82 Å². The van der Waals surface area contributed by atoms with Gasteiger partial charge < -0.3 is 10.8 Å². The molecule has 0 fully saturated rings. The number of benzene rings is 1. The highest BCUT2D eigenvalue weighted by atomic mass is 19.1. The summed E-state index contributed by atoms with van der Waals surface area (Å²) >= 11 is 0. The predicted molar refractivity (Wildman–Crippen MR) is 41.3 cm³/mol. The third-order valence-corrected chi connectivity index (χ3v) is 1.50. The molecule has 0 aromatic heterocycles. The van der Waals surface area contributed by atoms with Crippen LogP contribution < -0.4 is 5.73 Å². The quantitative estimate of drug-likeness (QED) is 0.693. The average Bonchev–Trinajstić information content (AvgIpc) is 2.03. The SMILES string of the molecule is NCc1ccc(C(=O)O)c(F)c1. The van der Waals surface area contributed by atoms with Gasteiger partial charge in [-0.1, -0.05) is 6.07 Å². The van der Waals surface area contributed by atoms with Crippen LogP contribution in [0.1, 0.15) is 15.9 Å². The van der Waals surface area contributed by atoms with Crippen molar-refractivity contribution in [2.75, 3.05) is 0 Å². The van der Waals surface area contributed by atoms with E-state index in [0.717, 1.165) is 6.07 Å². The first-order valence-electron chi connectivity index (χ1n) is 3.37. The average molecular weight is 169 g/mol. The topological polar surface area (TPSA) is 63.3 Å². The molecule has 0 aliphatic heterocycles. The summed E-state index contributed by atoms with van der Waals surface area (Å²) in [6, 6.07) is 3.83. The van der Waals surface area contributed by atoms with Crippen molar-refractivity contribution in [1.82, 2.24) is 0 Å². The molecule has 12 heavy (non-hydrogen) atoms. The Hall–Kier alpha value is -1.42. The van der Waals surface area contributed by atoms with Gasteiger partial charge in [0, 0.05) is 6.54 Å². The van der Waals surface area contributed by atoms with Crippen LogP contribution >= 0.6 is 0 Å². The third kappa shape index (κ3) is 1.60.